The van der Waals surface area contributed by atoms with Gasteiger partial charge in [-0.05, 0) is 6.07 Å². The first-order valence-corrected chi connectivity index (χ1v) is 5.09. The van der Waals surface area contributed by atoms with Crippen molar-refractivity contribution in [2.75, 3.05) is 11.9 Å². The van der Waals surface area contributed by atoms with Crippen molar-refractivity contribution in [2.45, 2.75) is 0 Å². The Bertz CT molecular complexity index is 545. The number of rotatable bonds is 6. The van der Waals surface area contributed by atoms with Crippen LogP contribution in [0.15, 0.2) is 24.5 Å². The van der Waals surface area contributed by atoms with E-state index in [0.29, 0.717) is 23.6 Å². The van der Waals surface area contributed by atoms with Crippen molar-refractivity contribution in [1.82, 2.24) is 10.0 Å². The van der Waals surface area contributed by atoms with Crippen molar-refractivity contribution in [3.05, 3.63) is 35.9 Å². The lowest BCUT2D eigenvalue weighted by molar-refractivity contribution is -0.108. The Labute approximate surface area is 102 Å². The highest BCUT2D eigenvalue weighted by Crippen LogP contribution is 2.27. The second kappa shape index (κ2) is 4.66. The molecule has 1 aromatic heterocycles. The third-order valence-corrected chi connectivity index (χ3v) is 2.28. The van der Waals surface area contributed by atoms with E-state index in [-0.39, 0.29) is 12.3 Å². The van der Waals surface area contributed by atoms with Gasteiger partial charge >= 0.3 is 5.97 Å². The molecule has 7 nitrogen and oxygen atoms in total. The van der Waals surface area contributed by atoms with Crippen LogP contribution in [0.2, 0.25) is 0 Å². The molecular formula is C11H11N3O4. The molecule has 94 valence electrons. The number of nitrogens with one attached hydrogen (secondary N) is 2. The molecular weight excluding hydrogens is 238 g/mol. The summed E-state index contributed by atoms with van der Waals surface area (Å²) >= 11 is 0. The maximum Gasteiger partial charge on any atom is 0.358 e. The van der Waals surface area contributed by atoms with Gasteiger partial charge in [-0.1, -0.05) is 12.7 Å². The van der Waals surface area contributed by atoms with Crippen molar-refractivity contribution < 1.29 is 19.5 Å². The highest BCUT2D eigenvalue weighted by atomic mass is 16.7. The zero-order valence-corrected chi connectivity index (χ0v) is 9.34. The SMILES string of the molecule is C=CCOn1c2cc(c1C(=O)O)NC(NC=O)=C2. The molecule has 0 aliphatic carbocycles. The van der Waals surface area contributed by atoms with Gasteiger partial charge in [-0.2, -0.15) is 4.73 Å². The van der Waals surface area contributed by atoms with Crippen LogP contribution in [0.4, 0.5) is 5.69 Å². The van der Waals surface area contributed by atoms with Crippen LogP contribution >= 0.6 is 0 Å². The highest BCUT2D eigenvalue weighted by molar-refractivity contribution is 5.95. The summed E-state index contributed by atoms with van der Waals surface area (Å²) in [6.45, 7) is 3.67. The molecule has 0 fully saturated rings. The maximum absolute atomic E-state index is 11.2. The van der Waals surface area contributed by atoms with Gasteiger partial charge in [-0.15, -0.1) is 0 Å². The Morgan fingerprint density at radius 2 is 2.44 bits per heavy atom. The number of aromatic nitrogens is 1. The summed E-state index contributed by atoms with van der Waals surface area (Å²) in [4.78, 5) is 26.8. The summed E-state index contributed by atoms with van der Waals surface area (Å²) in [5.41, 5.74) is 0.839. The Balaban J connectivity index is 2.42. The predicted octanol–water partition coefficient (Wildman–Crippen LogP) is 0.271. The number of aromatic carboxylic acids is 1. The lowest BCUT2D eigenvalue weighted by atomic mass is 10.3. The van der Waals surface area contributed by atoms with E-state index in [2.05, 4.69) is 17.2 Å². The lowest BCUT2D eigenvalue weighted by Crippen LogP contribution is -2.19. The number of amides is 1. The fraction of sp³-hybridized carbons (Fsp3) is 0.0909. The molecule has 1 aliphatic heterocycles. The zero-order chi connectivity index (χ0) is 13.1. The summed E-state index contributed by atoms with van der Waals surface area (Å²) in [7, 11) is 0. The second-order valence-electron chi connectivity index (χ2n) is 3.46. The third kappa shape index (κ3) is 1.93. The molecule has 2 rings (SSSR count). The molecule has 0 spiro atoms. The molecule has 7 heteroatoms. The predicted molar refractivity (Wildman–Crippen MR) is 63.8 cm³/mol. The summed E-state index contributed by atoms with van der Waals surface area (Å²) in [6, 6.07) is 1.61. The first-order chi connectivity index (χ1) is 8.67. The van der Waals surface area contributed by atoms with Gasteiger partial charge in [0.15, 0.2) is 5.69 Å². The maximum atomic E-state index is 11.2. The molecule has 0 unspecified atom stereocenters. The molecule has 0 atom stereocenters. The van der Waals surface area contributed by atoms with Crippen LogP contribution < -0.4 is 15.5 Å². The number of fused-ring (bicyclic) bond motifs is 2. The Morgan fingerprint density at radius 3 is 3.06 bits per heavy atom. The van der Waals surface area contributed by atoms with Crippen LogP contribution in [0, 0.1) is 0 Å². The molecule has 2 bridgehead atoms. The van der Waals surface area contributed by atoms with E-state index < -0.39 is 5.97 Å². The molecule has 1 amide bonds. The van der Waals surface area contributed by atoms with E-state index in [1.807, 2.05) is 0 Å². The minimum atomic E-state index is -1.13. The fourth-order valence-corrected chi connectivity index (χ4v) is 1.65. The van der Waals surface area contributed by atoms with Gasteiger partial charge in [0, 0.05) is 6.08 Å². The summed E-state index contributed by atoms with van der Waals surface area (Å²) in [5.74, 6) is -0.741. The molecule has 0 aromatic carbocycles. The van der Waals surface area contributed by atoms with Crippen LogP contribution in [-0.4, -0.2) is 28.8 Å². The Morgan fingerprint density at radius 1 is 1.67 bits per heavy atom. The molecule has 1 aromatic rings. The van der Waals surface area contributed by atoms with E-state index in [0.717, 1.165) is 0 Å². The van der Waals surface area contributed by atoms with Gasteiger partial charge in [-0.25, -0.2) is 4.79 Å². The van der Waals surface area contributed by atoms with E-state index in [4.69, 9.17) is 9.94 Å². The number of hydrogen-bond acceptors (Lipinski definition) is 4. The molecule has 18 heavy (non-hydrogen) atoms. The van der Waals surface area contributed by atoms with Crippen molar-refractivity contribution in [1.29, 1.82) is 0 Å². The van der Waals surface area contributed by atoms with Gasteiger partial charge in [0.2, 0.25) is 6.41 Å². The first kappa shape index (κ1) is 11.8. The third-order valence-electron chi connectivity index (χ3n) is 2.28. The van der Waals surface area contributed by atoms with Gasteiger partial charge in [0.25, 0.3) is 0 Å². The molecule has 0 radical (unpaired) electrons. The second-order valence-corrected chi connectivity index (χ2v) is 3.46. The van der Waals surface area contributed by atoms with Crippen molar-refractivity contribution in [3.8, 4) is 0 Å². The average molecular weight is 249 g/mol. The molecule has 0 saturated heterocycles. The average Bonchev–Trinajstić information content (AvgIpc) is 2.58. The van der Waals surface area contributed by atoms with Crippen molar-refractivity contribution in [2.24, 2.45) is 0 Å². The van der Waals surface area contributed by atoms with Gasteiger partial charge < -0.3 is 20.6 Å². The van der Waals surface area contributed by atoms with Crippen LogP contribution in [0.5, 0.6) is 0 Å². The largest absolute Gasteiger partial charge is 0.476 e. The Kier molecular flexibility index (Phi) is 3.05. The lowest BCUT2D eigenvalue weighted by Gasteiger charge is -2.09. The van der Waals surface area contributed by atoms with Crippen LogP contribution in [-0.2, 0) is 4.79 Å². The minimum Gasteiger partial charge on any atom is -0.476 e. The number of nitrogens with zero attached hydrogens (tertiary/aromatic N) is 1. The Hall–Kier alpha value is -2.70. The fourth-order valence-electron chi connectivity index (χ4n) is 1.65. The zero-order valence-electron chi connectivity index (χ0n) is 9.34. The first-order valence-electron chi connectivity index (χ1n) is 5.09. The molecule has 0 saturated carbocycles. The standard InChI is InChI=1S/C11H11N3O4/c1-2-3-18-14-7-4-8(10(14)11(16)17)13-9(5-7)12-6-15/h2,4-6,13H,1,3H2,(H,12,15)(H,16,17). The topological polar surface area (TPSA) is 92.6 Å². The molecule has 2 heterocycles. The summed E-state index contributed by atoms with van der Waals surface area (Å²) in [6.07, 6.45) is 3.58. The van der Waals surface area contributed by atoms with E-state index >= 15 is 0 Å². The van der Waals surface area contributed by atoms with Crippen molar-refractivity contribution >= 4 is 24.1 Å². The van der Waals surface area contributed by atoms with E-state index in [1.54, 1.807) is 12.1 Å². The number of carboxylic acid groups (broad SMARTS) is 1. The van der Waals surface area contributed by atoms with E-state index in [1.165, 1.54) is 10.8 Å². The molecule has 3 N–H and O–H groups in total. The normalized spacial score (nSPS) is 12.1. The van der Waals surface area contributed by atoms with Crippen molar-refractivity contribution in [3.63, 3.8) is 0 Å². The minimum absolute atomic E-state index is 0.0363. The number of anilines is 1. The smallest absolute Gasteiger partial charge is 0.358 e. The summed E-state index contributed by atoms with van der Waals surface area (Å²) < 4.78 is 1.19. The number of carbonyl (C=O) groups is 2. The van der Waals surface area contributed by atoms with Gasteiger partial charge in [-0.3, -0.25) is 4.79 Å². The number of hydrogen-bond donors (Lipinski definition) is 3. The number of carbonyl (C=O) groups excluding carboxylic acids is 1. The highest BCUT2D eigenvalue weighted by Gasteiger charge is 2.25. The van der Waals surface area contributed by atoms with Crippen LogP contribution in [0.25, 0.3) is 6.08 Å². The van der Waals surface area contributed by atoms with Crippen LogP contribution in [0.1, 0.15) is 16.2 Å². The van der Waals surface area contributed by atoms with Crippen LogP contribution in [0.3, 0.4) is 0 Å². The van der Waals surface area contributed by atoms with E-state index in [9.17, 15) is 9.59 Å². The van der Waals surface area contributed by atoms with Gasteiger partial charge in [0.05, 0.1) is 11.4 Å². The monoisotopic (exact) mass is 249 g/mol. The van der Waals surface area contributed by atoms with Gasteiger partial charge in [0.1, 0.15) is 12.4 Å². The quantitative estimate of drug-likeness (QED) is 0.497. The number of carboxylic acids is 1. The summed E-state index contributed by atoms with van der Waals surface area (Å²) in [5, 5.41) is 14.4. The molecule has 1 aliphatic rings.